The Bertz CT molecular complexity index is 1310. The van der Waals surface area contributed by atoms with Crippen LogP contribution >= 0.6 is 11.6 Å². The fourth-order valence-corrected chi connectivity index (χ4v) is 3.74. The molecule has 3 aromatic rings. The van der Waals surface area contributed by atoms with Crippen molar-refractivity contribution in [3.63, 3.8) is 0 Å². The molecule has 34 heavy (non-hydrogen) atoms. The summed E-state index contributed by atoms with van der Waals surface area (Å²) in [7, 11) is 0. The number of carbonyl (C=O) groups excluding carboxylic acids is 4. The van der Waals surface area contributed by atoms with Gasteiger partial charge in [0.25, 0.3) is 17.7 Å². The number of nitrogens with zero attached hydrogens (tertiary/aromatic N) is 1. The lowest BCUT2D eigenvalue weighted by atomic mass is 10.1. The molecule has 0 radical (unpaired) electrons. The van der Waals surface area contributed by atoms with Gasteiger partial charge in [-0.3, -0.25) is 19.3 Å². The maximum atomic E-state index is 12.9. The Hall–Kier alpha value is -3.97. The van der Waals surface area contributed by atoms with Crippen molar-refractivity contribution in [3.8, 4) is 0 Å². The lowest BCUT2D eigenvalue weighted by Gasteiger charge is -2.15. The monoisotopic (exact) mass is 476 g/mol. The van der Waals surface area contributed by atoms with E-state index in [0.717, 1.165) is 16.0 Å². The van der Waals surface area contributed by atoms with E-state index in [1.54, 1.807) is 18.2 Å². The summed E-state index contributed by atoms with van der Waals surface area (Å²) < 4.78 is 5.29. The van der Waals surface area contributed by atoms with Crippen molar-refractivity contribution in [1.82, 2.24) is 4.90 Å². The number of aryl methyl sites for hydroxylation is 1. The minimum Gasteiger partial charge on any atom is -0.449 e. The summed E-state index contributed by atoms with van der Waals surface area (Å²) in [6, 6.07) is 18.4. The van der Waals surface area contributed by atoms with E-state index < -0.39 is 29.8 Å². The van der Waals surface area contributed by atoms with E-state index in [0.29, 0.717) is 10.7 Å². The Morgan fingerprint density at radius 3 is 2.41 bits per heavy atom. The number of imide groups is 1. The molecule has 0 saturated carbocycles. The van der Waals surface area contributed by atoms with E-state index in [2.05, 4.69) is 5.32 Å². The number of anilines is 1. The van der Waals surface area contributed by atoms with Gasteiger partial charge in [0.05, 0.1) is 23.2 Å². The molecule has 0 saturated heterocycles. The molecule has 4 rings (SSSR count). The predicted octanol–water partition coefficient (Wildman–Crippen LogP) is 4.63. The number of hydrogen-bond donors (Lipinski definition) is 1. The molecule has 0 fully saturated rings. The Kier molecular flexibility index (Phi) is 6.47. The van der Waals surface area contributed by atoms with Crippen LogP contribution in [-0.2, 0) is 16.1 Å². The number of nitrogens with one attached hydrogen (secondary N) is 1. The minimum absolute atomic E-state index is 0.0695. The fourth-order valence-electron chi connectivity index (χ4n) is 3.57. The second-order valence-corrected chi connectivity index (χ2v) is 8.37. The smallest absolute Gasteiger partial charge is 0.338 e. The van der Waals surface area contributed by atoms with Gasteiger partial charge in [0.1, 0.15) is 0 Å². The number of carbonyl (C=O) groups is 4. The second kappa shape index (κ2) is 9.49. The highest BCUT2D eigenvalue weighted by atomic mass is 35.5. The van der Waals surface area contributed by atoms with Crippen LogP contribution in [0.1, 0.15) is 49.1 Å². The van der Waals surface area contributed by atoms with Gasteiger partial charge < -0.3 is 10.1 Å². The number of halogens is 1. The van der Waals surface area contributed by atoms with Gasteiger partial charge in [-0.1, -0.05) is 48.0 Å². The summed E-state index contributed by atoms with van der Waals surface area (Å²) in [5, 5.41) is 3.15. The average molecular weight is 477 g/mol. The van der Waals surface area contributed by atoms with E-state index >= 15 is 0 Å². The molecule has 1 unspecified atom stereocenters. The number of benzene rings is 3. The molecule has 3 amide bonds. The van der Waals surface area contributed by atoms with Gasteiger partial charge in [-0.25, -0.2) is 4.79 Å². The van der Waals surface area contributed by atoms with Gasteiger partial charge in [-0.15, -0.1) is 0 Å². The molecule has 1 heterocycles. The lowest BCUT2D eigenvalue weighted by molar-refractivity contribution is -0.123. The van der Waals surface area contributed by atoms with Crippen molar-refractivity contribution in [2.45, 2.75) is 26.5 Å². The normalized spacial score (nSPS) is 13.4. The van der Waals surface area contributed by atoms with Crippen molar-refractivity contribution in [3.05, 3.63) is 99.6 Å². The maximum Gasteiger partial charge on any atom is 0.338 e. The van der Waals surface area contributed by atoms with Crippen LogP contribution in [0, 0.1) is 6.92 Å². The first-order valence-electron chi connectivity index (χ1n) is 10.6. The standard InChI is InChI=1S/C26H21ClN2O5/c1-15-8-10-19(27)13-22(15)28-23(30)16(2)34-26(33)18-9-11-20-21(12-18)25(32)29(24(20)31)14-17-6-4-3-5-7-17/h3-13,16H,14H2,1-2H3,(H,28,30). The van der Waals surface area contributed by atoms with Crippen molar-refractivity contribution in [2.24, 2.45) is 0 Å². The molecule has 3 aromatic carbocycles. The predicted molar refractivity (Wildman–Crippen MR) is 127 cm³/mol. The summed E-state index contributed by atoms with van der Waals surface area (Å²) in [6.45, 7) is 3.39. The number of amides is 3. The zero-order valence-corrected chi connectivity index (χ0v) is 19.3. The Balaban J connectivity index is 1.45. The van der Waals surface area contributed by atoms with Crippen LogP contribution in [0.4, 0.5) is 5.69 Å². The van der Waals surface area contributed by atoms with E-state index in [9.17, 15) is 19.2 Å². The van der Waals surface area contributed by atoms with Gasteiger partial charge in [0.15, 0.2) is 6.10 Å². The molecule has 1 N–H and O–H groups in total. The third-order valence-corrected chi connectivity index (χ3v) is 5.74. The van der Waals surface area contributed by atoms with Crippen LogP contribution in [0.15, 0.2) is 66.7 Å². The van der Waals surface area contributed by atoms with Gasteiger partial charge >= 0.3 is 5.97 Å². The second-order valence-electron chi connectivity index (χ2n) is 7.94. The van der Waals surface area contributed by atoms with Gasteiger partial charge in [-0.05, 0) is 55.3 Å². The molecule has 8 heteroatoms. The van der Waals surface area contributed by atoms with Crippen molar-refractivity contribution < 1.29 is 23.9 Å². The van der Waals surface area contributed by atoms with Crippen LogP contribution in [0.5, 0.6) is 0 Å². The maximum absolute atomic E-state index is 12.9. The quantitative estimate of drug-likeness (QED) is 0.413. The van der Waals surface area contributed by atoms with Crippen LogP contribution in [0.2, 0.25) is 5.02 Å². The van der Waals surface area contributed by atoms with Crippen molar-refractivity contribution in [1.29, 1.82) is 0 Å². The molecule has 0 aromatic heterocycles. The summed E-state index contributed by atoms with van der Waals surface area (Å²) >= 11 is 5.98. The number of ether oxygens (including phenoxy) is 1. The lowest BCUT2D eigenvalue weighted by Crippen LogP contribution is -2.30. The Labute approximate surface area is 201 Å². The van der Waals surface area contributed by atoms with Crippen molar-refractivity contribution >= 4 is 41.0 Å². The SMILES string of the molecule is Cc1ccc(Cl)cc1NC(=O)C(C)OC(=O)c1ccc2c(c1)C(=O)N(Cc1ccccc1)C2=O. The van der Waals surface area contributed by atoms with Crippen LogP contribution in [-0.4, -0.2) is 34.7 Å². The van der Waals surface area contributed by atoms with Crippen LogP contribution in [0.3, 0.4) is 0 Å². The zero-order valence-electron chi connectivity index (χ0n) is 18.5. The Morgan fingerprint density at radius 1 is 0.971 bits per heavy atom. The minimum atomic E-state index is -1.11. The van der Waals surface area contributed by atoms with E-state index in [4.69, 9.17) is 16.3 Å². The van der Waals surface area contributed by atoms with Gasteiger partial charge in [-0.2, -0.15) is 0 Å². The van der Waals surface area contributed by atoms with E-state index in [1.165, 1.54) is 25.1 Å². The third-order valence-electron chi connectivity index (χ3n) is 5.50. The fraction of sp³-hybridized carbons (Fsp3) is 0.154. The van der Waals surface area contributed by atoms with E-state index in [-0.39, 0.29) is 23.2 Å². The molecule has 1 aliphatic heterocycles. The molecular weight excluding hydrogens is 456 g/mol. The number of hydrogen-bond acceptors (Lipinski definition) is 5. The number of rotatable bonds is 6. The molecule has 172 valence electrons. The zero-order chi connectivity index (χ0) is 24.4. The van der Waals surface area contributed by atoms with Gasteiger partial charge in [0.2, 0.25) is 0 Å². The first-order valence-corrected chi connectivity index (χ1v) is 10.9. The topological polar surface area (TPSA) is 92.8 Å². The van der Waals surface area contributed by atoms with Gasteiger partial charge in [0, 0.05) is 10.7 Å². The van der Waals surface area contributed by atoms with Crippen LogP contribution in [0.25, 0.3) is 0 Å². The molecule has 0 bridgehead atoms. The summed E-state index contributed by atoms with van der Waals surface area (Å²) in [5.74, 6) is -2.22. The summed E-state index contributed by atoms with van der Waals surface area (Å²) in [4.78, 5) is 51.9. The molecule has 1 aliphatic rings. The largest absolute Gasteiger partial charge is 0.449 e. The summed E-state index contributed by atoms with van der Waals surface area (Å²) in [6.07, 6.45) is -1.11. The highest BCUT2D eigenvalue weighted by Gasteiger charge is 2.36. The summed E-state index contributed by atoms with van der Waals surface area (Å²) in [5.41, 5.74) is 2.55. The van der Waals surface area contributed by atoms with E-state index in [1.807, 2.05) is 37.3 Å². The molecule has 0 spiro atoms. The third kappa shape index (κ3) is 4.70. The average Bonchev–Trinajstić information content (AvgIpc) is 3.06. The molecule has 0 aliphatic carbocycles. The number of fused-ring (bicyclic) bond motifs is 1. The van der Waals surface area contributed by atoms with Crippen molar-refractivity contribution in [2.75, 3.05) is 5.32 Å². The first kappa shape index (κ1) is 23.2. The molecular formula is C26H21ClN2O5. The molecule has 7 nitrogen and oxygen atoms in total. The highest BCUT2D eigenvalue weighted by molar-refractivity contribution is 6.31. The number of esters is 1. The Morgan fingerprint density at radius 2 is 1.68 bits per heavy atom. The highest BCUT2D eigenvalue weighted by Crippen LogP contribution is 2.26. The first-order chi connectivity index (χ1) is 16.2. The molecule has 1 atom stereocenters. The van der Waals surface area contributed by atoms with Crippen LogP contribution < -0.4 is 5.32 Å².